The van der Waals surface area contributed by atoms with Gasteiger partial charge in [0.1, 0.15) is 16.0 Å². The third-order valence-electron chi connectivity index (χ3n) is 3.59. The van der Waals surface area contributed by atoms with Crippen LogP contribution in [-0.4, -0.2) is 33.0 Å². The molecule has 0 fully saturated rings. The van der Waals surface area contributed by atoms with Crippen LogP contribution in [-0.2, 0) is 9.59 Å². The summed E-state index contributed by atoms with van der Waals surface area (Å²) in [4.78, 5) is 28.6. The monoisotopic (exact) mass is 408 g/mol. The normalized spacial score (nSPS) is 16.5. The van der Waals surface area contributed by atoms with Gasteiger partial charge < -0.3 is 10.4 Å². The second kappa shape index (κ2) is 8.53. The maximum atomic E-state index is 12.3. The van der Waals surface area contributed by atoms with Crippen molar-refractivity contribution in [1.29, 1.82) is 0 Å². The highest BCUT2D eigenvalue weighted by atomic mass is 32.2. The summed E-state index contributed by atoms with van der Waals surface area (Å²) in [7, 11) is 0. The standard InChI is InChI=1S/C18H14F2N2O3S2/c19-18(20)26-13-7-3-11(4-8-13)21-15(24)9-14-16(25)22-17(27-14)10-1-5-12(23)6-2-10/h1-8,14,18,23H,9H2,(H,21,24)/t14-/m1/s1. The lowest BCUT2D eigenvalue weighted by molar-refractivity contribution is -0.121. The lowest BCUT2D eigenvalue weighted by Crippen LogP contribution is -2.21. The van der Waals surface area contributed by atoms with Gasteiger partial charge in [0.2, 0.25) is 5.91 Å². The van der Waals surface area contributed by atoms with Crippen molar-refractivity contribution in [2.45, 2.75) is 22.3 Å². The van der Waals surface area contributed by atoms with Crippen LogP contribution in [0.3, 0.4) is 0 Å². The molecular formula is C18H14F2N2O3S2. The number of hydrogen-bond donors (Lipinski definition) is 2. The zero-order valence-corrected chi connectivity index (χ0v) is 15.4. The van der Waals surface area contributed by atoms with Crippen LogP contribution in [0.25, 0.3) is 0 Å². The highest BCUT2D eigenvalue weighted by Gasteiger charge is 2.31. The van der Waals surface area contributed by atoms with Gasteiger partial charge in [0, 0.05) is 22.6 Å². The molecule has 0 spiro atoms. The van der Waals surface area contributed by atoms with Gasteiger partial charge in [-0.25, -0.2) is 4.99 Å². The van der Waals surface area contributed by atoms with E-state index in [4.69, 9.17) is 0 Å². The van der Waals surface area contributed by atoms with Gasteiger partial charge in [-0.15, -0.1) is 0 Å². The number of aromatic hydroxyl groups is 1. The third kappa shape index (κ3) is 5.30. The predicted molar refractivity (Wildman–Crippen MR) is 103 cm³/mol. The summed E-state index contributed by atoms with van der Waals surface area (Å²) in [5, 5.41) is 11.8. The number of halogens is 2. The summed E-state index contributed by atoms with van der Waals surface area (Å²) >= 11 is 1.62. The molecule has 2 N–H and O–H groups in total. The van der Waals surface area contributed by atoms with E-state index in [1.54, 1.807) is 12.1 Å². The number of anilines is 1. The van der Waals surface area contributed by atoms with Crippen molar-refractivity contribution < 1.29 is 23.5 Å². The van der Waals surface area contributed by atoms with E-state index in [1.807, 2.05) is 0 Å². The Bertz CT molecular complexity index is 871. The van der Waals surface area contributed by atoms with E-state index in [9.17, 15) is 23.5 Å². The van der Waals surface area contributed by atoms with Crippen molar-refractivity contribution in [3.05, 3.63) is 54.1 Å². The molecule has 0 bridgehead atoms. The summed E-state index contributed by atoms with van der Waals surface area (Å²) < 4.78 is 24.6. The number of aliphatic imine (C=N–C) groups is 1. The summed E-state index contributed by atoms with van der Waals surface area (Å²) in [6.07, 6.45) is -0.0535. The molecule has 3 rings (SSSR count). The Morgan fingerprint density at radius 2 is 1.85 bits per heavy atom. The number of nitrogens with one attached hydrogen (secondary N) is 1. The first-order valence-corrected chi connectivity index (χ1v) is 9.60. The number of carbonyl (C=O) groups is 2. The van der Waals surface area contributed by atoms with E-state index in [0.717, 1.165) is 0 Å². The fourth-order valence-electron chi connectivity index (χ4n) is 2.35. The Morgan fingerprint density at radius 1 is 1.19 bits per heavy atom. The first-order chi connectivity index (χ1) is 12.9. The average molecular weight is 408 g/mol. The van der Waals surface area contributed by atoms with E-state index < -0.39 is 11.0 Å². The van der Waals surface area contributed by atoms with Crippen molar-refractivity contribution in [2.75, 3.05) is 5.32 Å². The van der Waals surface area contributed by atoms with E-state index in [0.29, 0.717) is 33.0 Å². The smallest absolute Gasteiger partial charge is 0.288 e. The van der Waals surface area contributed by atoms with E-state index >= 15 is 0 Å². The van der Waals surface area contributed by atoms with E-state index in [2.05, 4.69) is 10.3 Å². The molecule has 2 aromatic carbocycles. The summed E-state index contributed by atoms with van der Waals surface area (Å²) in [6.45, 7) is 0. The molecule has 0 aliphatic carbocycles. The molecule has 0 unspecified atom stereocenters. The highest BCUT2D eigenvalue weighted by molar-refractivity contribution is 8.16. The fraction of sp³-hybridized carbons (Fsp3) is 0.167. The van der Waals surface area contributed by atoms with Crippen LogP contribution in [0.1, 0.15) is 12.0 Å². The lowest BCUT2D eigenvalue weighted by atomic mass is 10.2. The number of benzene rings is 2. The van der Waals surface area contributed by atoms with Gasteiger partial charge in [0.25, 0.3) is 11.7 Å². The Hall–Kier alpha value is -2.39. The van der Waals surface area contributed by atoms with Gasteiger partial charge in [-0.1, -0.05) is 23.5 Å². The van der Waals surface area contributed by atoms with E-state index in [1.165, 1.54) is 48.2 Å². The molecule has 1 heterocycles. The van der Waals surface area contributed by atoms with Crippen molar-refractivity contribution in [1.82, 2.24) is 0 Å². The Kier molecular flexibility index (Phi) is 6.12. The zero-order valence-electron chi connectivity index (χ0n) is 13.8. The molecule has 2 aromatic rings. The van der Waals surface area contributed by atoms with Crippen molar-refractivity contribution in [2.24, 2.45) is 4.99 Å². The maximum Gasteiger partial charge on any atom is 0.288 e. The molecule has 27 heavy (non-hydrogen) atoms. The molecule has 2 amide bonds. The Balaban J connectivity index is 1.55. The van der Waals surface area contributed by atoms with Crippen LogP contribution >= 0.6 is 23.5 Å². The van der Waals surface area contributed by atoms with Gasteiger partial charge in [-0.3, -0.25) is 9.59 Å². The number of carbonyl (C=O) groups excluding carboxylic acids is 2. The molecule has 9 heteroatoms. The topological polar surface area (TPSA) is 78.8 Å². The molecular weight excluding hydrogens is 394 g/mol. The molecule has 5 nitrogen and oxygen atoms in total. The quantitative estimate of drug-likeness (QED) is 0.703. The molecule has 1 aliphatic heterocycles. The molecule has 140 valence electrons. The number of hydrogen-bond acceptors (Lipinski definition) is 5. The van der Waals surface area contributed by atoms with Gasteiger partial charge in [-0.2, -0.15) is 8.78 Å². The minimum Gasteiger partial charge on any atom is -0.508 e. The minimum absolute atomic E-state index is 0.0535. The number of amides is 2. The number of rotatable bonds is 6. The summed E-state index contributed by atoms with van der Waals surface area (Å²) in [5.41, 5.74) is 1.16. The summed E-state index contributed by atoms with van der Waals surface area (Å²) in [6, 6.07) is 12.3. The Morgan fingerprint density at radius 3 is 2.48 bits per heavy atom. The average Bonchev–Trinajstić information content (AvgIpc) is 2.97. The van der Waals surface area contributed by atoms with Gasteiger partial charge in [-0.05, 0) is 48.5 Å². The third-order valence-corrected chi connectivity index (χ3v) is 5.51. The van der Waals surface area contributed by atoms with Crippen LogP contribution in [0.2, 0.25) is 0 Å². The summed E-state index contributed by atoms with van der Waals surface area (Å²) in [5.74, 6) is -3.14. The number of phenols is 1. The zero-order chi connectivity index (χ0) is 19.4. The second-order valence-corrected chi connectivity index (χ2v) is 7.82. The van der Waals surface area contributed by atoms with Crippen LogP contribution in [0.15, 0.2) is 58.4 Å². The van der Waals surface area contributed by atoms with E-state index in [-0.39, 0.29) is 24.0 Å². The van der Waals surface area contributed by atoms with Crippen LogP contribution < -0.4 is 5.32 Å². The molecule has 0 saturated carbocycles. The molecule has 0 aromatic heterocycles. The maximum absolute atomic E-state index is 12.3. The Labute approximate surface area is 162 Å². The van der Waals surface area contributed by atoms with Gasteiger partial charge in [0.15, 0.2) is 0 Å². The molecule has 0 saturated heterocycles. The van der Waals surface area contributed by atoms with Crippen LogP contribution in [0.5, 0.6) is 5.75 Å². The van der Waals surface area contributed by atoms with Gasteiger partial charge >= 0.3 is 0 Å². The fourth-order valence-corrected chi connectivity index (χ4v) is 3.92. The van der Waals surface area contributed by atoms with Crippen molar-refractivity contribution >= 4 is 46.1 Å². The molecule has 0 radical (unpaired) electrons. The lowest BCUT2D eigenvalue weighted by Gasteiger charge is -2.09. The van der Waals surface area contributed by atoms with Gasteiger partial charge in [0.05, 0.1) is 0 Å². The first-order valence-electron chi connectivity index (χ1n) is 7.84. The number of phenolic OH excluding ortho intramolecular Hbond substituents is 1. The highest BCUT2D eigenvalue weighted by Crippen LogP contribution is 2.30. The number of alkyl halides is 2. The van der Waals surface area contributed by atoms with Crippen molar-refractivity contribution in [3.8, 4) is 5.75 Å². The SMILES string of the molecule is O=C(C[C@H]1SC(c2ccc(O)cc2)=NC1=O)Nc1ccc(SC(F)F)cc1. The number of thioether (sulfide) groups is 2. The molecule has 1 aliphatic rings. The number of nitrogens with zero attached hydrogens (tertiary/aromatic N) is 1. The minimum atomic E-state index is -2.50. The van der Waals surface area contributed by atoms with Crippen LogP contribution in [0.4, 0.5) is 14.5 Å². The van der Waals surface area contributed by atoms with Crippen LogP contribution in [0, 0.1) is 0 Å². The molecule has 1 atom stereocenters. The predicted octanol–water partition coefficient (Wildman–Crippen LogP) is 4.12. The van der Waals surface area contributed by atoms with Crippen molar-refractivity contribution in [3.63, 3.8) is 0 Å². The second-order valence-electron chi connectivity index (χ2n) is 5.56. The largest absolute Gasteiger partial charge is 0.508 e. The first kappa shape index (κ1) is 19.4.